The third-order valence-electron chi connectivity index (χ3n) is 2.78. The van der Waals surface area contributed by atoms with Crippen LogP contribution >= 0.6 is 0 Å². The smallest absolute Gasteiger partial charge is 0.373 e. The molecule has 0 aromatic carbocycles. The molecule has 5 nitrogen and oxygen atoms in total. The molecule has 1 aromatic heterocycles. The second kappa shape index (κ2) is 5.56. The van der Waals surface area contributed by atoms with Gasteiger partial charge in [0, 0.05) is 13.1 Å². The summed E-state index contributed by atoms with van der Waals surface area (Å²) in [5, 5.41) is 7.89. The van der Waals surface area contributed by atoms with E-state index in [-0.39, 0.29) is 30.1 Å². The van der Waals surface area contributed by atoms with E-state index < -0.39 is 11.7 Å². The standard InChI is InChI=1S/C12H15F3N4O/c1-16-9-4-7(12(13,14)15)5-10(19-9)17-6-11(20)18-8-2-3-8/h4-5,8H,2-3,6H2,1H3,(H,18,20)(H2,16,17,19). The van der Waals surface area contributed by atoms with Gasteiger partial charge in [0.1, 0.15) is 11.6 Å². The first-order valence-corrected chi connectivity index (χ1v) is 6.19. The van der Waals surface area contributed by atoms with Crippen LogP contribution in [0, 0.1) is 0 Å². The monoisotopic (exact) mass is 288 g/mol. The number of aromatic nitrogens is 1. The van der Waals surface area contributed by atoms with Gasteiger partial charge in [-0.2, -0.15) is 13.2 Å². The van der Waals surface area contributed by atoms with Gasteiger partial charge in [-0.05, 0) is 25.0 Å². The Morgan fingerprint density at radius 2 is 2.00 bits per heavy atom. The van der Waals surface area contributed by atoms with E-state index in [0.29, 0.717) is 0 Å². The predicted octanol–water partition coefficient (Wildman–Crippen LogP) is 1.83. The van der Waals surface area contributed by atoms with Crippen LogP contribution in [0.2, 0.25) is 0 Å². The van der Waals surface area contributed by atoms with Gasteiger partial charge in [0.2, 0.25) is 5.91 Å². The molecule has 20 heavy (non-hydrogen) atoms. The molecule has 0 spiro atoms. The molecule has 1 aliphatic carbocycles. The Labute approximate surface area is 114 Å². The number of hydrogen-bond donors (Lipinski definition) is 3. The highest BCUT2D eigenvalue weighted by Gasteiger charge is 2.31. The van der Waals surface area contributed by atoms with Gasteiger partial charge in [-0.15, -0.1) is 0 Å². The van der Waals surface area contributed by atoms with Gasteiger partial charge < -0.3 is 16.0 Å². The summed E-state index contributed by atoms with van der Waals surface area (Å²) in [4.78, 5) is 15.4. The van der Waals surface area contributed by atoms with E-state index in [0.717, 1.165) is 25.0 Å². The molecule has 110 valence electrons. The molecular formula is C12H15F3N4O. The molecule has 0 aliphatic heterocycles. The maximum atomic E-state index is 12.7. The fraction of sp³-hybridized carbons (Fsp3) is 0.500. The van der Waals surface area contributed by atoms with Crippen LogP contribution in [0.5, 0.6) is 0 Å². The van der Waals surface area contributed by atoms with Crippen molar-refractivity contribution in [2.45, 2.75) is 25.1 Å². The SMILES string of the molecule is CNc1cc(C(F)(F)F)cc(NCC(=O)NC2CC2)n1. The van der Waals surface area contributed by atoms with E-state index in [9.17, 15) is 18.0 Å². The molecule has 1 aliphatic rings. The number of pyridine rings is 1. The number of carbonyl (C=O) groups excluding carboxylic acids is 1. The lowest BCUT2D eigenvalue weighted by Crippen LogP contribution is -2.31. The highest BCUT2D eigenvalue weighted by atomic mass is 19.4. The summed E-state index contributed by atoms with van der Waals surface area (Å²) in [6.07, 6.45) is -2.55. The van der Waals surface area contributed by atoms with Crippen molar-refractivity contribution >= 4 is 17.5 Å². The van der Waals surface area contributed by atoms with Crippen molar-refractivity contribution in [3.05, 3.63) is 17.7 Å². The van der Waals surface area contributed by atoms with Crippen molar-refractivity contribution < 1.29 is 18.0 Å². The maximum absolute atomic E-state index is 12.7. The van der Waals surface area contributed by atoms with Crippen LogP contribution in [-0.2, 0) is 11.0 Å². The van der Waals surface area contributed by atoms with Crippen molar-refractivity contribution in [3.8, 4) is 0 Å². The Hall–Kier alpha value is -1.99. The number of amides is 1. The van der Waals surface area contributed by atoms with Crippen molar-refractivity contribution in [3.63, 3.8) is 0 Å². The first-order valence-electron chi connectivity index (χ1n) is 6.19. The van der Waals surface area contributed by atoms with E-state index in [4.69, 9.17) is 0 Å². The first-order chi connectivity index (χ1) is 9.38. The molecule has 0 radical (unpaired) electrons. The van der Waals surface area contributed by atoms with E-state index in [2.05, 4.69) is 20.9 Å². The highest BCUT2D eigenvalue weighted by molar-refractivity contribution is 5.81. The number of anilines is 2. The molecular weight excluding hydrogens is 273 g/mol. The molecule has 1 heterocycles. The summed E-state index contributed by atoms with van der Waals surface area (Å²) in [5.41, 5.74) is -0.818. The molecule has 2 rings (SSSR count). The lowest BCUT2D eigenvalue weighted by atomic mass is 10.2. The summed E-state index contributed by atoms with van der Waals surface area (Å²) in [5.74, 6) is -0.155. The minimum absolute atomic E-state index is 0.00937. The molecule has 1 fully saturated rings. The topological polar surface area (TPSA) is 66.0 Å². The fourth-order valence-corrected chi connectivity index (χ4v) is 1.59. The largest absolute Gasteiger partial charge is 0.416 e. The highest BCUT2D eigenvalue weighted by Crippen LogP contribution is 2.31. The molecule has 0 saturated heterocycles. The van der Waals surface area contributed by atoms with E-state index in [1.165, 1.54) is 7.05 Å². The van der Waals surface area contributed by atoms with Gasteiger partial charge in [-0.1, -0.05) is 0 Å². The summed E-state index contributed by atoms with van der Waals surface area (Å²) < 4.78 is 38.1. The number of nitrogens with zero attached hydrogens (tertiary/aromatic N) is 1. The zero-order valence-electron chi connectivity index (χ0n) is 10.8. The second-order valence-corrected chi connectivity index (χ2v) is 4.57. The molecule has 3 N–H and O–H groups in total. The van der Waals surface area contributed by atoms with Gasteiger partial charge in [-0.3, -0.25) is 4.79 Å². The molecule has 1 amide bonds. The summed E-state index contributed by atoms with van der Waals surface area (Å²) in [6.45, 7) is -0.103. The van der Waals surface area contributed by atoms with Crippen LogP contribution in [0.1, 0.15) is 18.4 Å². The summed E-state index contributed by atoms with van der Waals surface area (Å²) in [7, 11) is 1.48. The average Bonchev–Trinajstić information content (AvgIpc) is 3.19. The third kappa shape index (κ3) is 4.01. The van der Waals surface area contributed by atoms with Gasteiger partial charge in [0.25, 0.3) is 0 Å². The number of alkyl halides is 3. The first kappa shape index (κ1) is 14.4. The van der Waals surface area contributed by atoms with Crippen molar-refractivity contribution in [1.29, 1.82) is 0 Å². The summed E-state index contributed by atoms with van der Waals surface area (Å²) >= 11 is 0. The van der Waals surface area contributed by atoms with Gasteiger partial charge >= 0.3 is 6.18 Å². The van der Waals surface area contributed by atoms with Crippen LogP contribution < -0.4 is 16.0 Å². The maximum Gasteiger partial charge on any atom is 0.416 e. The number of carbonyl (C=O) groups is 1. The summed E-state index contributed by atoms with van der Waals surface area (Å²) in [6, 6.07) is 2.01. The average molecular weight is 288 g/mol. The minimum atomic E-state index is -4.46. The minimum Gasteiger partial charge on any atom is -0.373 e. The van der Waals surface area contributed by atoms with Crippen LogP contribution in [0.15, 0.2) is 12.1 Å². The zero-order chi connectivity index (χ0) is 14.8. The van der Waals surface area contributed by atoms with Gasteiger partial charge in [-0.25, -0.2) is 4.98 Å². The van der Waals surface area contributed by atoms with E-state index in [1.54, 1.807) is 0 Å². The predicted molar refractivity (Wildman–Crippen MR) is 68.4 cm³/mol. The lowest BCUT2D eigenvalue weighted by Gasteiger charge is -2.12. The Balaban J connectivity index is 2.03. The zero-order valence-corrected chi connectivity index (χ0v) is 10.8. The molecule has 1 aromatic rings. The number of rotatable bonds is 5. The fourth-order valence-electron chi connectivity index (χ4n) is 1.59. The van der Waals surface area contributed by atoms with E-state index in [1.807, 2.05) is 0 Å². The Morgan fingerprint density at radius 3 is 2.55 bits per heavy atom. The molecule has 0 unspecified atom stereocenters. The third-order valence-corrected chi connectivity index (χ3v) is 2.78. The van der Waals surface area contributed by atoms with Crippen LogP contribution in [-0.4, -0.2) is 30.5 Å². The Morgan fingerprint density at radius 1 is 1.35 bits per heavy atom. The Bertz CT molecular complexity index is 500. The number of hydrogen-bond acceptors (Lipinski definition) is 4. The normalized spacial score (nSPS) is 14.8. The molecule has 0 atom stereocenters. The van der Waals surface area contributed by atoms with Crippen LogP contribution in [0.25, 0.3) is 0 Å². The van der Waals surface area contributed by atoms with E-state index >= 15 is 0 Å². The molecule has 0 bridgehead atoms. The van der Waals surface area contributed by atoms with Gasteiger partial charge in [0.05, 0.1) is 12.1 Å². The van der Waals surface area contributed by atoms with Gasteiger partial charge in [0.15, 0.2) is 0 Å². The van der Waals surface area contributed by atoms with Crippen LogP contribution in [0.3, 0.4) is 0 Å². The van der Waals surface area contributed by atoms with Crippen molar-refractivity contribution in [1.82, 2.24) is 10.3 Å². The van der Waals surface area contributed by atoms with Crippen molar-refractivity contribution in [2.75, 3.05) is 24.2 Å². The van der Waals surface area contributed by atoms with Crippen LogP contribution in [0.4, 0.5) is 24.8 Å². The quantitative estimate of drug-likeness (QED) is 0.773. The molecule has 1 saturated carbocycles. The Kier molecular flexibility index (Phi) is 4.01. The molecule has 8 heteroatoms. The lowest BCUT2D eigenvalue weighted by molar-refractivity contribution is -0.137. The van der Waals surface area contributed by atoms with Crippen molar-refractivity contribution in [2.24, 2.45) is 0 Å². The number of halogens is 3. The number of nitrogens with one attached hydrogen (secondary N) is 3. The second-order valence-electron chi connectivity index (χ2n) is 4.57.